The molecule has 27 heavy (non-hydrogen) atoms. The normalized spacial score (nSPS) is 11.6. The van der Waals surface area contributed by atoms with E-state index in [0.717, 1.165) is 46.6 Å². The molecule has 5 heteroatoms. The minimum Gasteiger partial charge on any atom is -0.347 e. The standard InChI is InChI=1S/C22H22ClN3S/c1-25(2)8-4-9-26-14-19(22-20(23)5-3-6-21(22)26)18-11-17(12-24-13-18)16-7-10-27-15-16/h3,5-7,10-15H,4,8-9H2,1-2H3. The van der Waals surface area contributed by atoms with E-state index in [4.69, 9.17) is 11.6 Å². The summed E-state index contributed by atoms with van der Waals surface area (Å²) >= 11 is 8.31. The fraction of sp³-hybridized carbons (Fsp3) is 0.227. The number of fused-ring (bicyclic) bond motifs is 1. The van der Waals surface area contributed by atoms with Crippen LogP contribution in [0.2, 0.25) is 5.02 Å². The number of rotatable bonds is 6. The first-order chi connectivity index (χ1) is 13.1. The van der Waals surface area contributed by atoms with Gasteiger partial charge in [0.25, 0.3) is 0 Å². The average Bonchev–Trinajstić information content (AvgIpc) is 3.31. The van der Waals surface area contributed by atoms with Gasteiger partial charge in [0.1, 0.15) is 0 Å². The third-order valence-electron chi connectivity index (χ3n) is 4.76. The number of aryl methyl sites for hydroxylation is 1. The van der Waals surface area contributed by atoms with E-state index in [1.807, 2.05) is 24.5 Å². The lowest BCUT2D eigenvalue weighted by Crippen LogP contribution is -2.14. The second-order valence-electron chi connectivity index (χ2n) is 7.00. The largest absolute Gasteiger partial charge is 0.347 e. The van der Waals surface area contributed by atoms with Crippen molar-refractivity contribution in [3.05, 3.63) is 64.7 Å². The van der Waals surface area contributed by atoms with Gasteiger partial charge in [-0.1, -0.05) is 17.7 Å². The number of benzene rings is 1. The molecular weight excluding hydrogens is 374 g/mol. The lowest BCUT2D eigenvalue weighted by Gasteiger charge is -2.10. The molecule has 0 fully saturated rings. The molecule has 0 saturated heterocycles. The zero-order chi connectivity index (χ0) is 18.8. The van der Waals surface area contributed by atoms with Crippen molar-refractivity contribution in [3.8, 4) is 22.3 Å². The molecule has 0 unspecified atom stereocenters. The first-order valence-electron chi connectivity index (χ1n) is 9.03. The molecule has 0 spiro atoms. The zero-order valence-corrected chi connectivity index (χ0v) is 17.1. The highest BCUT2D eigenvalue weighted by Gasteiger charge is 2.14. The van der Waals surface area contributed by atoms with Crippen LogP contribution in [0.4, 0.5) is 0 Å². The number of pyridine rings is 1. The number of aromatic nitrogens is 2. The Kier molecular flexibility index (Phi) is 5.30. The van der Waals surface area contributed by atoms with Gasteiger partial charge in [0.05, 0.1) is 10.5 Å². The molecule has 3 aromatic heterocycles. The van der Waals surface area contributed by atoms with Gasteiger partial charge in [0.2, 0.25) is 0 Å². The lowest BCUT2D eigenvalue weighted by atomic mass is 10.0. The lowest BCUT2D eigenvalue weighted by molar-refractivity contribution is 0.388. The van der Waals surface area contributed by atoms with E-state index in [-0.39, 0.29) is 0 Å². The van der Waals surface area contributed by atoms with Gasteiger partial charge in [0, 0.05) is 47.2 Å². The first-order valence-corrected chi connectivity index (χ1v) is 10.4. The van der Waals surface area contributed by atoms with Crippen LogP contribution in [-0.2, 0) is 6.54 Å². The van der Waals surface area contributed by atoms with E-state index in [0.29, 0.717) is 0 Å². The van der Waals surface area contributed by atoms with E-state index < -0.39 is 0 Å². The van der Waals surface area contributed by atoms with E-state index in [1.165, 1.54) is 11.1 Å². The molecule has 0 bridgehead atoms. The molecule has 0 radical (unpaired) electrons. The number of thiophene rings is 1. The van der Waals surface area contributed by atoms with Gasteiger partial charge >= 0.3 is 0 Å². The number of nitrogens with zero attached hydrogens (tertiary/aromatic N) is 3. The molecule has 0 saturated carbocycles. The Morgan fingerprint density at radius 3 is 2.74 bits per heavy atom. The van der Waals surface area contributed by atoms with Crippen LogP contribution in [0, 0.1) is 0 Å². The van der Waals surface area contributed by atoms with Crippen LogP contribution in [-0.4, -0.2) is 35.1 Å². The monoisotopic (exact) mass is 395 g/mol. The molecule has 4 rings (SSSR count). The topological polar surface area (TPSA) is 21.1 Å². The Labute approximate surface area is 168 Å². The maximum atomic E-state index is 6.61. The SMILES string of the molecule is CN(C)CCCn1cc(-c2cncc(-c3ccsc3)c2)c2c(Cl)cccc21. The molecule has 0 aliphatic rings. The van der Waals surface area contributed by atoms with Crippen LogP contribution in [0.5, 0.6) is 0 Å². The molecule has 0 N–H and O–H groups in total. The first kappa shape index (κ1) is 18.2. The van der Waals surface area contributed by atoms with Crippen molar-refractivity contribution in [3.63, 3.8) is 0 Å². The Balaban J connectivity index is 1.79. The summed E-state index contributed by atoms with van der Waals surface area (Å²) < 4.78 is 2.32. The molecule has 138 valence electrons. The maximum absolute atomic E-state index is 6.61. The van der Waals surface area contributed by atoms with E-state index in [9.17, 15) is 0 Å². The fourth-order valence-corrected chi connectivity index (χ4v) is 4.38. The van der Waals surface area contributed by atoms with Gasteiger partial charge in [-0.3, -0.25) is 4.98 Å². The predicted molar refractivity (Wildman–Crippen MR) is 117 cm³/mol. The van der Waals surface area contributed by atoms with E-state index in [2.05, 4.69) is 63.7 Å². The minimum absolute atomic E-state index is 0.787. The Morgan fingerprint density at radius 1 is 1.11 bits per heavy atom. The number of halogens is 1. The molecule has 4 aromatic rings. The molecule has 0 aliphatic heterocycles. The summed E-state index contributed by atoms with van der Waals surface area (Å²) in [6, 6.07) is 10.5. The summed E-state index contributed by atoms with van der Waals surface area (Å²) in [5, 5.41) is 6.14. The van der Waals surface area contributed by atoms with Crippen molar-refractivity contribution in [2.24, 2.45) is 0 Å². The van der Waals surface area contributed by atoms with Crippen molar-refractivity contribution in [2.75, 3.05) is 20.6 Å². The maximum Gasteiger partial charge on any atom is 0.0506 e. The van der Waals surface area contributed by atoms with Crippen molar-refractivity contribution >= 4 is 33.8 Å². The van der Waals surface area contributed by atoms with Gasteiger partial charge in [-0.25, -0.2) is 0 Å². The second kappa shape index (κ2) is 7.85. The van der Waals surface area contributed by atoms with Crippen molar-refractivity contribution in [1.29, 1.82) is 0 Å². The predicted octanol–water partition coefficient (Wildman–Crippen LogP) is 6.04. The molecule has 3 heterocycles. The van der Waals surface area contributed by atoms with Crippen LogP contribution in [0.25, 0.3) is 33.2 Å². The van der Waals surface area contributed by atoms with Crippen LogP contribution in [0.3, 0.4) is 0 Å². The summed E-state index contributed by atoms with van der Waals surface area (Å²) in [4.78, 5) is 6.71. The summed E-state index contributed by atoms with van der Waals surface area (Å²) in [5.41, 5.74) is 5.76. The van der Waals surface area contributed by atoms with Gasteiger partial charge in [0.15, 0.2) is 0 Å². The summed E-state index contributed by atoms with van der Waals surface area (Å²) in [7, 11) is 4.22. The summed E-state index contributed by atoms with van der Waals surface area (Å²) in [6.07, 6.45) is 7.16. The van der Waals surface area contributed by atoms with Gasteiger partial charge in [-0.05, 0) is 67.6 Å². The molecule has 1 aromatic carbocycles. The second-order valence-corrected chi connectivity index (χ2v) is 8.19. The van der Waals surface area contributed by atoms with Crippen molar-refractivity contribution in [1.82, 2.24) is 14.5 Å². The molecule has 0 aliphatic carbocycles. The van der Waals surface area contributed by atoms with Crippen molar-refractivity contribution < 1.29 is 0 Å². The average molecular weight is 396 g/mol. The van der Waals surface area contributed by atoms with Gasteiger partial charge in [-0.2, -0.15) is 11.3 Å². The Morgan fingerprint density at radius 2 is 1.96 bits per heavy atom. The quantitative estimate of drug-likeness (QED) is 0.397. The van der Waals surface area contributed by atoms with E-state index >= 15 is 0 Å². The Hall–Kier alpha value is -2.14. The van der Waals surface area contributed by atoms with Crippen LogP contribution in [0.1, 0.15) is 6.42 Å². The van der Waals surface area contributed by atoms with Crippen LogP contribution in [0.15, 0.2) is 59.7 Å². The highest BCUT2D eigenvalue weighted by atomic mass is 35.5. The van der Waals surface area contributed by atoms with Gasteiger partial charge in [-0.15, -0.1) is 0 Å². The third-order valence-corrected chi connectivity index (χ3v) is 5.76. The number of hydrogen-bond donors (Lipinski definition) is 0. The minimum atomic E-state index is 0.787. The molecule has 0 atom stereocenters. The molecule has 3 nitrogen and oxygen atoms in total. The highest BCUT2D eigenvalue weighted by molar-refractivity contribution is 7.08. The van der Waals surface area contributed by atoms with E-state index in [1.54, 1.807) is 11.3 Å². The third kappa shape index (κ3) is 3.79. The van der Waals surface area contributed by atoms with Crippen LogP contribution >= 0.6 is 22.9 Å². The van der Waals surface area contributed by atoms with Gasteiger partial charge < -0.3 is 9.47 Å². The number of hydrogen-bond acceptors (Lipinski definition) is 3. The Bertz CT molecular complexity index is 1050. The zero-order valence-electron chi connectivity index (χ0n) is 15.5. The smallest absolute Gasteiger partial charge is 0.0506 e. The van der Waals surface area contributed by atoms with Crippen molar-refractivity contribution in [2.45, 2.75) is 13.0 Å². The fourth-order valence-electron chi connectivity index (χ4n) is 3.44. The highest BCUT2D eigenvalue weighted by Crippen LogP contribution is 2.36. The van der Waals surface area contributed by atoms with Crippen LogP contribution < -0.4 is 0 Å². The molecular formula is C22H22ClN3S. The summed E-state index contributed by atoms with van der Waals surface area (Å²) in [5.74, 6) is 0. The summed E-state index contributed by atoms with van der Waals surface area (Å²) in [6.45, 7) is 2.03. The molecule has 0 amide bonds.